The third kappa shape index (κ3) is 4.11. The molecule has 1 aliphatic heterocycles. The molecule has 0 bridgehead atoms. The summed E-state index contributed by atoms with van der Waals surface area (Å²) in [6.45, 7) is 0.711. The topological polar surface area (TPSA) is 59.2 Å². The number of amides is 1. The minimum absolute atomic E-state index is 0.125. The van der Waals surface area contributed by atoms with Crippen LogP contribution < -0.4 is 0 Å². The molecular weight excluding hydrogens is 357 g/mol. The van der Waals surface area contributed by atoms with Crippen molar-refractivity contribution in [3.8, 4) is 11.4 Å². The van der Waals surface area contributed by atoms with Crippen LogP contribution in [0.2, 0.25) is 0 Å². The fraction of sp³-hybridized carbons (Fsp3) is 0.318. The quantitative estimate of drug-likeness (QED) is 0.630. The number of aryl methyl sites for hydroxylation is 1. The summed E-state index contributed by atoms with van der Waals surface area (Å²) in [6, 6.07) is 16.0. The van der Waals surface area contributed by atoms with Gasteiger partial charge in [0.2, 0.25) is 17.6 Å². The van der Waals surface area contributed by atoms with E-state index in [1.54, 1.807) is 12.1 Å². The maximum absolute atomic E-state index is 13.1. The summed E-state index contributed by atoms with van der Waals surface area (Å²) in [4.78, 5) is 19.0. The molecule has 1 atom stereocenters. The first-order chi connectivity index (χ1) is 13.7. The number of likely N-dealkylation sites (tertiary alicyclic amines) is 1. The van der Waals surface area contributed by atoms with Crippen molar-refractivity contribution >= 4 is 5.91 Å². The molecule has 1 aliphatic rings. The molecule has 0 radical (unpaired) electrons. The summed E-state index contributed by atoms with van der Waals surface area (Å²) in [6.07, 6.45) is 3.94. The fourth-order valence-corrected chi connectivity index (χ4v) is 3.64. The zero-order chi connectivity index (χ0) is 19.3. The van der Waals surface area contributed by atoms with Crippen molar-refractivity contribution in [1.29, 1.82) is 0 Å². The van der Waals surface area contributed by atoms with Gasteiger partial charge in [0.1, 0.15) is 11.9 Å². The number of hydrogen-bond acceptors (Lipinski definition) is 4. The number of halogens is 1. The number of rotatable bonds is 6. The molecule has 0 unspecified atom stereocenters. The highest BCUT2D eigenvalue weighted by atomic mass is 19.1. The zero-order valence-electron chi connectivity index (χ0n) is 15.6. The van der Waals surface area contributed by atoms with Gasteiger partial charge in [-0.05, 0) is 55.5 Å². The lowest BCUT2D eigenvalue weighted by Gasteiger charge is -2.21. The first-order valence-electron chi connectivity index (χ1n) is 9.63. The van der Waals surface area contributed by atoms with E-state index >= 15 is 0 Å². The molecule has 28 heavy (non-hydrogen) atoms. The Bertz CT molecular complexity index is 924. The predicted octanol–water partition coefficient (Wildman–Crippen LogP) is 4.56. The van der Waals surface area contributed by atoms with E-state index in [1.165, 1.54) is 17.7 Å². The first kappa shape index (κ1) is 18.3. The average Bonchev–Trinajstić information content (AvgIpc) is 3.39. The van der Waals surface area contributed by atoms with Crippen LogP contribution in [0.5, 0.6) is 0 Å². The third-order valence-electron chi connectivity index (χ3n) is 5.10. The van der Waals surface area contributed by atoms with Crippen LogP contribution in [0, 0.1) is 5.82 Å². The van der Waals surface area contributed by atoms with Crippen molar-refractivity contribution < 1.29 is 13.7 Å². The Hall–Kier alpha value is -3.02. The molecule has 5 nitrogen and oxygen atoms in total. The largest absolute Gasteiger partial charge is 0.337 e. The molecule has 3 aromatic rings. The van der Waals surface area contributed by atoms with Gasteiger partial charge < -0.3 is 9.42 Å². The minimum Gasteiger partial charge on any atom is -0.337 e. The van der Waals surface area contributed by atoms with Crippen LogP contribution in [0.25, 0.3) is 11.4 Å². The van der Waals surface area contributed by atoms with Gasteiger partial charge in [-0.2, -0.15) is 4.98 Å². The second-order valence-electron chi connectivity index (χ2n) is 7.05. The lowest BCUT2D eigenvalue weighted by molar-refractivity contribution is -0.132. The molecule has 2 aromatic carbocycles. The number of hydrogen-bond donors (Lipinski definition) is 0. The van der Waals surface area contributed by atoms with E-state index in [2.05, 4.69) is 22.3 Å². The van der Waals surface area contributed by atoms with Gasteiger partial charge in [-0.15, -0.1) is 0 Å². The normalized spacial score (nSPS) is 16.5. The summed E-state index contributed by atoms with van der Waals surface area (Å²) >= 11 is 0. The molecule has 0 N–H and O–H groups in total. The lowest BCUT2D eigenvalue weighted by atomic mass is 10.1. The Labute approximate surface area is 163 Å². The smallest absolute Gasteiger partial charge is 0.249 e. The summed E-state index contributed by atoms with van der Waals surface area (Å²) < 4.78 is 18.5. The van der Waals surface area contributed by atoms with Crippen molar-refractivity contribution in [3.63, 3.8) is 0 Å². The molecule has 0 spiro atoms. The standard InChI is InChI=1S/C22H22FN3O2/c23-18-13-11-17(12-14-18)21-24-22(28-25-21)19-9-5-15-26(19)20(27)10-4-8-16-6-2-1-3-7-16/h1-3,6-7,11-14,19H,4-5,8-10,15H2/t19-/m0/s1. The summed E-state index contributed by atoms with van der Waals surface area (Å²) in [5.41, 5.74) is 1.93. The van der Waals surface area contributed by atoms with E-state index in [1.807, 2.05) is 23.1 Å². The second kappa shape index (κ2) is 8.33. The molecule has 2 heterocycles. The zero-order valence-corrected chi connectivity index (χ0v) is 15.6. The predicted molar refractivity (Wildman–Crippen MR) is 103 cm³/mol. The molecule has 1 aromatic heterocycles. The van der Waals surface area contributed by atoms with Crippen LogP contribution in [0.3, 0.4) is 0 Å². The van der Waals surface area contributed by atoms with E-state index in [0.29, 0.717) is 30.2 Å². The van der Waals surface area contributed by atoms with Crippen molar-refractivity contribution in [3.05, 3.63) is 71.9 Å². The first-order valence-corrected chi connectivity index (χ1v) is 9.63. The van der Waals surface area contributed by atoms with Crippen LogP contribution in [-0.4, -0.2) is 27.5 Å². The lowest BCUT2D eigenvalue weighted by Crippen LogP contribution is -2.30. The number of aromatic nitrogens is 2. The molecule has 0 saturated carbocycles. The number of carbonyl (C=O) groups is 1. The highest BCUT2D eigenvalue weighted by Crippen LogP contribution is 2.32. The highest BCUT2D eigenvalue weighted by Gasteiger charge is 2.33. The maximum Gasteiger partial charge on any atom is 0.249 e. The van der Waals surface area contributed by atoms with Gasteiger partial charge in [-0.25, -0.2) is 4.39 Å². The number of carbonyl (C=O) groups excluding carboxylic acids is 1. The van der Waals surface area contributed by atoms with Crippen LogP contribution in [0.15, 0.2) is 59.1 Å². The maximum atomic E-state index is 13.1. The minimum atomic E-state index is -0.310. The number of benzene rings is 2. The molecule has 1 saturated heterocycles. The van der Waals surface area contributed by atoms with Gasteiger partial charge in [-0.1, -0.05) is 35.5 Å². The molecule has 0 aliphatic carbocycles. The fourth-order valence-electron chi connectivity index (χ4n) is 3.64. The molecular formula is C22H22FN3O2. The second-order valence-corrected chi connectivity index (χ2v) is 7.05. The van der Waals surface area contributed by atoms with Gasteiger partial charge in [0.25, 0.3) is 0 Å². The summed E-state index contributed by atoms with van der Waals surface area (Å²) in [5, 5.41) is 4.01. The van der Waals surface area contributed by atoms with E-state index in [0.717, 1.165) is 25.7 Å². The molecule has 144 valence electrons. The van der Waals surface area contributed by atoms with Crippen LogP contribution >= 0.6 is 0 Å². The third-order valence-corrected chi connectivity index (χ3v) is 5.10. The molecule has 4 rings (SSSR count). The van der Waals surface area contributed by atoms with Crippen LogP contribution in [0.1, 0.15) is 43.2 Å². The van der Waals surface area contributed by atoms with Crippen LogP contribution in [-0.2, 0) is 11.2 Å². The van der Waals surface area contributed by atoms with E-state index < -0.39 is 0 Å². The van der Waals surface area contributed by atoms with E-state index in [-0.39, 0.29) is 17.8 Å². The van der Waals surface area contributed by atoms with Gasteiger partial charge >= 0.3 is 0 Å². The highest BCUT2D eigenvalue weighted by molar-refractivity contribution is 5.77. The molecule has 1 amide bonds. The van der Waals surface area contributed by atoms with E-state index in [4.69, 9.17) is 4.52 Å². The van der Waals surface area contributed by atoms with E-state index in [9.17, 15) is 9.18 Å². The van der Waals surface area contributed by atoms with Gasteiger partial charge in [0.05, 0.1) is 0 Å². The summed E-state index contributed by atoms with van der Waals surface area (Å²) in [7, 11) is 0. The monoisotopic (exact) mass is 379 g/mol. The van der Waals surface area contributed by atoms with Crippen molar-refractivity contribution in [2.45, 2.75) is 38.1 Å². The van der Waals surface area contributed by atoms with Gasteiger partial charge in [0, 0.05) is 18.5 Å². The van der Waals surface area contributed by atoms with Crippen molar-refractivity contribution in [2.24, 2.45) is 0 Å². The Kier molecular flexibility index (Phi) is 5.46. The SMILES string of the molecule is O=C(CCCc1ccccc1)N1CCC[C@H]1c1nc(-c2ccc(F)cc2)no1. The van der Waals surface area contributed by atoms with Crippen molar-refractivity contribution in [2.75, 3.05) is 6.54 Å². The number of nitrogens with zero attached hydrogens (tertiary/aromatic N) is 3. The Morgan fingerprint density at radius 3 is 2.71 bits per heavy atom. The Morgan fingerprint density at radius 2 is 1.93 bits per heavy atom. The van der Waals surface area contributed by atoms with Gasteiger partial charge in [0.15, 0.2) is 0 Å². The van der Waals surface area contributed by atoms with Crippen molar-refractivity contribution in [1.82, 2.24) is 15.0 Å². The molecule has 1 fully saturated rings. The average molecular weight is 379 g/mol. The Balaban J connectivity index is 1.39. The van der Waals surface area contributed by atoms with Gasteiger partial charge in [-0.3, -0.25) is 4.79 Å². The van der Waals surface area contributed by atoms with Crippen LogP contribution in [0.4, 0.5) is 4.39 Å². The molecule has 6 heteroatoms. The Morgan fingerprint density at radius 1 is 1.14 bits per heavy atom. The summed E-state index contributed by atoms with van der Waals surface area (Å²) in [5.74, 6) is 0.683.